The Labute approximate surface area is 122 Å². The SMILES string of the molecule is COc1cccc2cc(CNC(C)c3ccsc3)oc12. The van der Waals surface area contributed by atoms with Gasteiger partial charge in [-0.3, -0.25) is 0 Å². The number of furan rings is 1. The molecule has 20 heavy (non-hydrogen) atoms. The maximum Gasteiger partial charge on any atom is 0.176 e. The first-order chi connectivity index (χ1) is 9.78. The normalized spacial score (nSPS) is 12.7. The van der Waals surface area contributed by atoms with Gasteiger partial charge < -0.3 is 14.5 Å². The number of thiophene rings is 1. The Morgan fingerprint density at radius 2 is 2.25 bits per heavy atom. The molecule has 3 aromatic rings. The molecule has 3 rings (SSSR count). The van der Waals surface area contributed by atoms with Gasteiger partial charge in [-0.15, -0.1) is 0 Å². The van der Waals surface area contributed by atoms with E-state index in [9.17, 15) is 0 Å². The summed E-state index contributed by atoms with van der Waals surface area (Å²) in [6.45, 7) is 2.86. The molecule has 1 N–H and O–H groups in total. The zero-order valence-corrected chi connectivity index (χ0v) is 12.4. The van der Waals surface area contributed by atoms with E-state index < -0.39 is 0 Å². The predicted octanol–water partition coefficient (Wildman–Crippen LogP) is 4.35. The topological polar surface area (TPSA) is 34.4 Å². The molecule has 0 saturated heterocycles. The van der Waals surface area contributed by atoms with Crippen LogP contribution in [0.2, 0.25) is 0 Å². The lowest BCUT2D eigenvalue weighted by molar-refractivity contribution is 0.405. The lowest BCUT2D eigenvalue weighted by Gasteiger charge is -2.10. The quantitative estimate of drug-likeness (QED) is 0.757. The molecule has 0 amide bonds. The Bertz CT molecular complexity index is 688. The standard InChI is InChI=1S/C16H17NO2S/c1-11(13-6-7-20-10-13)17-9-14-8-12-4-3-5-15(18-2)16(12)19-14/h3-8,10-11,17H,9H2,1-2H3. The molecule has 0 aliphatic rings. The molecule has 104 valence electrons. The van der Waals surface area contributed by atoms with Gasteiger partial charge in [0.1, 0.15) is 5.76 Å². The molecule has 2 aromatic heterocycles. The van der Waals surface area contributed by atoms with Crippen LogP contribution in [-0.2, 0) is 6.54 Å². The van der Waals surface area contributed by atoms with Gasteiger partial charge in [0.05, 0.1) is 13.7 Å². The highest BCUT2D eigenvalue weighted by atomic mass is 32.1. The molecule has 1 unspecified atom stereocenters. The fraction of sp³-hybridized carbons (Fsp3) is 0.250. The monoisotopic (exact) mass is 287 g/mol. The van der Waals surface area contributed by atoms with E-state index in [1.54, 1.807) is 18.4 Å². The van der Waals surface area contributed by atoms with E-state index in [1.807, 2.05) is 18.2 Å². The third-order valence-electron chi connectivity index (χ3n) is 3.40. The van der Waals surface area contributed by atoms with Gasteiger partial charge in [-0.2, -0.15) is 11.3 Å². The molecule has 2 heterocycles. The Hall–Kier alpha value is -1.78. The van der Waals surface area contributed by atoms with Gasteiger partial charge in [0.25, 0.3) is 0 Å². The van der Waals surface area contributed by atoms with E-state index in [2.05, 4.69) is 35.1 Å². The maximum absolute atomic E-state index is 5.87. The van der Waals surface area contributed by atoms with Crippen molar-refractivity contribution in [1.29, 1.82) is 0 Å². The van der Waals surface area contributed by atoms with Gasteiger partial charge in [-0.1, -0.05) is 12.1 Å². The molecule has 0 radical (unpaired) electrons. The number of methoxy groups -OCH3 is 1. The van der Waals surface area contributed by atoms with Crippen LogP contribution in [0, 0.1) is 0 Å². The Morgan fingerprint density at radius 3 is 3.00 bits per heavy atom. The average molecular weight is 287 g/mol. The van der Waals surface area contributed by atoms with Crippen LogP contribution in [0.3, 0.4) is 0 Å². The van der Waals surface area contributed by atoms with Crippen molar-refractivity contribution >= 4 is 22.3 Å². The fourth-order valence-corrected chi connectivity index (χ4v) is 2.98. The van der Waals surface area contributed by atoms with Crippen LogP contribution >= 0.6 is 11.3 Å². The highest BCUT2D eigenvalue weighted by Crippen LogP contribution is 2.28. The largest absolute Gasteiger partial charge is 0.493 e. The van der Waals surface area contributed by atoms with Gasteiger partial charge in [-0.05, 0) is 41.4 Å². The number of benzene rings is 1. The van der Waals surface area contributed by atoms with Crippen LogP contribution in [-0.4, -0.2) is 7.11 Å². The summed E-state index contributed by atoms with van der Waals surface area (Å²) in [5, 5.41) is 8.81. The van der Waals surface area contributed by atoms with E-state index in [4.69, 9.17) is 9.15 Å². The third kappa shape index (κ3) is 2.57. The number of rotatable bonds is 5. The number of para-hydroxylation sites is 1. The summed E-state index contributed by atoms with van der Waals surface area (Å²) < 4.78 is 11.2. The second kappa shape index (κ2) is 5.69. The molecule has 3 nitrogen and oxygen atoms in total. The van der Waals surface area contributed by atoms with Crippen molar-refractivity contribution in [3.8, 4) is 5.75 Å². The maximum atomic E-state index is 5.87. The molecule has 0 spiro atoms. The Balaban J connectivity index is 1.75. The van der Waals surface area contributed by atoms with Gasteiger partial charge in [-0.25, -0.2) is 0 Å². The molecule has 4 heteroatoms. The van der Waals surface area contributed by atoms with Crippen LogP contribution in [0.4, 0.5) is 0 Å². The predicted molar refractivity (Wildman–Crippen MR) is 82.3 cm³/mol. The van der Waals surface area contributed by atoms with Crippen molar-refractivity contribution in [3.63, 3.8) is 0 Å². The summed E-state index contributed by atoms with van der Waals surface area (Å²) in [5.41, 5.74) is 2.12. The first-order valence-electron chi connectivity index (χ1n) is 6.59. The van der Waals surface area contributed by atoms with Crippen molar-refractivity contribution < 1.29 is 9.15 Å². The first kappa shape index (κ1) is 13.2. The van der Waals surface area contributed by atoms with Crippen molar-refractivity contribution in [2.75, 3.05) is 7.11 Å². The second-order valence-corrected chi connectivity index (χ2v) is 5.53. The summed E-state index contributed by atoms with van der Waals surface area (Å²) in [4.78, 5) is 0. The van der Waals surface area contributed by atoms with Crippen LogP contribution in [0.1, 0.15) is 24.3 Å². The van der Waals surface area contributed by atoms with E-state index in [0.717, 1.165) is 22.5 Å². The van der Waals surface area contributed by atoms with E-state index >= 15 is 0 Å². The number of hydrogen-bond acceptors (Lipinski definition) is 4. The zero-order valence-electron chi connectivity index (χ0n) is 11.6. The Morgan fingerprint density at radius 1 is 1.35 bits per heavy atom. The number of ether oxygens (including phenoxy) is 1. The van der Waals surface area contributed by atoms with E-state index in [-0.39, 0.29) is 0 Å². The molecule has 0 bridgehead atoms. The van der Waals surface area contributed by atoms with E-state index in [1.165, 1.54) is 5.56 Å². The van der Waals surface area contributed by atoms with Gasteiger partial charge in [0.2, 0.25) is 0 Å². The van der Waals surface area contributed by atoms with Crippen molar-refractivity contribution in [1.82, 2.24) is 5.32 Å². The lowest BCUT2D eigenvalue weighted by atomic mass is 10.2. The molecule has 1 aromatic carbocycles. The fourth-order valence-electron chi connectivity index (χ4n) is 2.23. The average Bonchev–Trinajstić information content (AvgIpc) is 3.12. The highest BCUT2D eigenvalue weighted by Gasteiger charge is 2.10. The lowest BCUT2D eigenvalue weighted by Crippen LogP contribution is -2.17. The zero-order chi connectivity index (χ0) is 13.9. The summed E-state index contributed by atoms with van der Waals surface area (Å²) in [6.07, 6.45) is 0. The molecular weight excluding hydrogens is 270 g/mol. The minimum atomic E-state index is 0.316. The summed E-state index contributed by atoms with van der Waals surface area (Å²) in [5.74, 6) is 1.70. The van der Waals surface area contributed by atoms with Crippen LogP contribution in [0.15, 0.2) is 45.5 Å². The Kier molecular flexibility index (Phi) is 3.76. The van der Waals surface area contributed by atoms with Crippen molar-refractivity contribution in [2.45, 2.75) is 19.5 Å². The van der Waals surface area contributed by atoms with Gasteiger partial charge in [0.15, 0.2) is 11.3 Å². The molecule has 0 aliphatic heterocycles. The van der Waals surface area contributed by atoms with Crippen LogP contribution in [0.25, 0.3) is 11.0 Å². The van der Waals surface area contributed by atoms with Crippen molar-refractivity contribution in [2.24, 2.45) is 0 Å². The number of fused-ring (bicyclic) bond motifs is 1. The van der Waals surface area contributed by atoms with Crippen molar-refractivity contribution in [3.05, 3.63) is 52.4 Å². The number of nitrogens with one attached hydrogen (secondary N) is 1. The molecule has 0 fully saturated rings. The van der Waals surface area contributed by atoms with Gasteiger partial charge >= 0.3 is 0 Å². The molecule has 0 saturated carbocycles. The second-order valence-electron chi connectivity index (χ2n) is 4.75. The summed E-state index contributed by atoms with van der Waals surface area (Å²) in [7, 11) is 1.66. The van der Waals surface area contributed by atoms with E-state index in [0.29, 0.717) is 12.6 Å². The summed E-state index contributed by atoms with van der Waals surface area (Å²) >= 11 is 1.72. The summed E-state index contributed by atoms with van der Waals surface area (Å²) in [6, 6.07) is 10.4. The molecular formula is C16H17NO2S. The van der Waals surface area contributed by atoms with Crippen LogP contribution in [0.5, 0.6) is 5.75 Å². The molecule has 1 atom stereocenters. The molecule has 0 aliphatic carbocycles. The number of hydrogen-bond donors (Lipinski definition) is 1. The minimum Gasteiger partial charge on any atom is -0.493 e. The van der Waals surface area contributed by atoms with Gasteiger partial charge in [0, 0.05) is 11.4 Å². The smallest absolute Gasteiger partial charge is 0.176 e. The highest BCUT2D eigenvalue weighted by molar-refractivity contribution is 7.07. The minimum absolute atomic E-state index is 0.316. The third-order valence-corrected chi connectivity index (χ3v) is 4.11. The first-order valence-corrected chi connectivity index (χ1v) is 7.53. The van der Waals surface area contributed by atoms with Crippen LogP contribution < -0.4 is 10.1 Å².